The Bertz CT molecular complexity index is 284. The number of aliphatic hydroxyl groups is 1. The van der Waals surface area contributed by atoms with Gasteiger partial charge in [-0.2, -0.15) is 0 Å². The molecule has 0 aromatic heterocycles. The van der Waals surface area contributed by atoms with E-state index in [-0.39, 0.29) is 12.4 Å². The molecule has 0 spiro atoms. The van der Waals surface area contributed by atoms with E-state index in [0.29, 0.717) is 10.0 Å². The molecule has 0 amide bonds. The number of rotatable bonds is 2. The molecule has 2 nitrogen and oxygen atoms in total. The van der Waals surface area contributed by atoms with E-state index in [1.807, 2.05) is 0 Å². The first-order valence-electron chi connectivity index (χ1n) is 3.90. The van der Waals surface area contributed by atoms with Crippen LogP contribution < -0.4 is 5.73 Å². The topological polar surface area (TPSA) is 46.2 Å². The van der Waals surface area contributed by atoms with Crippen molar-refractivity contribution in [2.45, 2.75) is 19.1 Å². The highest BCUT2D eigenvalue weighted by Gasteiger charge is 2.12. The first-order chi connectivity index (χ1) is 6.00. The van der Waals surface area contributed by atoms with Gasteiger partial charge in [-0.25, -0.2) is 0 Å². The molecule has 1 rings (SSSR count). The normalized spacial score (nSPS) is 14.4. The molecule has 0 aliphatic rings. The van der Waals surface area contributed by atoms with Gasteiger partial charge in [0.1, 0.15) is 0 Å². The zero-order chi connectivity index (χ0) is 10.0. The molecule has 5 heteroatoms. The molecule has 3 N–H and O–H groups in total. The van der Waals surface area contributed by atoms with E-state index >= 15 is 0 Å². The second kappa shape index (κ2) is 5.79. The van der Waals surface area contributed by atoms with Gasteiger partial charge in [0.15, 0.2) is 0 Å². The van der Waals surface area contributed by atoms with E-state index in [2.05, 4.69) is 0 Å². The van der Waals surface area contributed by atoms with Crippen LogP contribution >= 0.6 is 35.6 Å². The predicted octanol–water partition coefficient (Wildman–Crippen LogP) is 2.80. The average Bonchev–Trinajstić information content (AvgIpc) is 2.01. The van der Waals surface area contributed by atoms with Gasteiger partial charge in [-0.1, -0.05) is 23.2 Å². The fourth-order valence-electron chi connectivity index (χ4n) is 1.05. The molecule has 1 aromatic rings. The van der Waals surface area contributed by atoms with Crippen LogP contribution in [0.1, 0.15) is 18.5 Å². The summed E-state index contributed by atoms with van der Waals surface area (Å²) in [7, 11) is 0. The molecular weight excluding hydrogens is 244 g/mol. The Balaban J connectivity index is 0.00000169. The molecule has 0 bridgehead atoms. The summed E-state index contributed by atoms with van der Waals surface area (Å²) in [5.74, 6) is 0. The monoisotopic (exact) mass is 255 g/mol. The summed E-state index contributed by atoms with van der Waals surface area (Å²) in [6.07, 6.45) is -0.616. The lowest BCUT2D eigenvalue weighted by Gasteiger charge is -2.15. The van der Waals surface area contributed by atoms with Gasteiger partial charge in [-0.15, -0.1) is 12.4 Å². The number of hydrogen-bond acceptors (Lipinski definition) is 2. The lowest BCUT2D eigenvalue weighted by molar-refractivity contribution is 0.164. The lowest BCUT2D eigenvalue weighted by Crippen LogP contribution is -2.23. The van der Waals surface area contributed by atoms with Crippen molar-refractivity contribution in [3.05, 3.63) is 33.8 Å². The predicted molar refractivity (Wildman–Crippen MR) is 62.3 cm³/mol. The Kier molecular flexibility index (Phi) is 5.79. The molecule has 0 fully saturated rings. The van der Waals surface area contributed by atoms with Gasteiger partial charge in [-0.05, 0) is 30.7 Å². The molecule has 0 saturated heterocycles. The van der Waals surface area contributed by atoms with Gasteiger partial charge < -0.3 is 10.8 Å². The standard InChI is InChI=1S/C9H11Cl2NO.ClH/c1-5(13)9(12)6-2-7(10)4-8(11)3-6;/h2-5,9,13H,12H2,1H3;1H/t5-,9-;/m1./s1. The van der Waals surface area contributed by atoms with Crippen molar-refractivity contribution >= 4 is 35.6 Å². The van der Waals surface area contributed by atoms with Gasteiger partial charge in [0.25, 0.3) is 0 Å². The van der Waals surface area contributed by atoms with Crippen molar-refractivity contribution in [3.8, 4) is 0 Å². The summed E-state index contributed by atoms with van der Waals surface area (Å²) in [5, 5.41) is 10.3. The van der Waals surface area contributed by atoms with E-state index in [4.69, 9.17) is 28.9 Å². The summed E-state index contributed by atoms with van der Waals surface area (Å²) in [6, 6.07) is 4.58. The Hall–Kier alpha value is 0.01000. The van der Waals surface area contributed by atoms with Crippen LogP contribution in [0.5, 0.6) is 0 Å². The Morgan fingerprint density at radius 1 is 1.21 bits per heavy atom. The van der Waals surface area contributed by atoms with E-state index in [9.17, 15) is 5.11 Å². The minimum absolute atomic E-state index is 0. The Labute approximate surface area is 99.4 Å². The van der Waals surface area contributed by atoms with Crippen molar-refractivity contribution < 1.29 is 5.11 Å². The molecule has 0 heterocycles. The number of benzene rings is 1. The van der Waals surface area contributed by atoms with Crippen molar-refractivity contribution in [1.29, 1.82) is 0 Å². The number of aliphatic hydroxyl groups excluding tert-OH is 1. The van der Waals surface area contributed by atoms with Gasteiger partial charge >= 0.3 is 0 Å². The fourth-order valence-corrected chi connectivity index (χ4v) is 1.59. The Morgan fingerprint density at radius 2 is 1.64 bits per heavy atom. The van der Waals surface area contributed by atoms with Crippen LogP contribution in [0.3, 0.4) is 0 Å². The summed E-state index contributed by atoms with van der Waals surface area (Å²) in [6.45, 7) is 1.62. The summed E-state index contributed by atoms with van der Waals surface area (Å²) in [5.41, 5.74) is 6.45. The maximum Gasteiger partial charge on any atom is 0.0704 e. The third-order valence-electron chi connectivity index (χ3n) is 1.79. The Morgan fingerprint density at radius 3 is 2.00 bits per heavy atom. The maximum absolute atomic E-state index is 9.24. The number of hydrogen-bond donors (Lipinski definition) is 2. The zero-order valence-corrected chi connectivity index (χ0v) is 9.90. The quantitative estimate of drug-likeness (QED) is 0.855. The van der Waals surface area contributed by atoms with Crippen LogP contribution in [-0.2, 0) is 0 Å². The number of halogens is 3. The largest absolute Gasteiger partial charge is 0.391 e. The first kappa shape index (κ1) is 14.0. The molecule has 0 radical (unpaired) electrons. The third kappa shape index (κ3) is 3.64. The van der Waals surface area contributed by atoms with E-state index in [1.54, 1.807) is 25.1 Å². The van der Waals surface area contributed by atoms with Gasteiger partial charge in [0, 0.05) is 10.0 Å². The maximum atomic E-state index is 9.24. The zero-order valence-electron chi connectivity index (χ0n) is 7.58. The highest BCUT2D eigenvalue weighted by Crippen LogP contribution is 2.23. The molecule has 2 atom stereocenters. The fraction of sp³-hybridized carbons (Fsp3) is 0.333. The van der Waals surface area contributed by atoms with Crippen LogP contribution in [-0.4, -0.2) is 11.2 Å². The van der Waals surface area contributed by atoms with Crippen LogP contribution in [0.4, 0.5) is 0 Å². The molecular formula is C9H12Cl3NO. The van der Waals surface area contributed by atoms with E-state index in [0.717, 1.165) is 5.56 Å². The second-order valence-corrected chi connectivity index (χ2v) is 3.84. The second-order valence-electron chi connectivity index (χ2n) is 2.97. The summed E-state index contributed by atoms with van der Waals surface area (Å²) >= 11 is 11.6. The van der Waals surface area contributed by atoms with Gasteiger partial charge in [0.2, 0.25) is 0 Å². The summed E-state index contributed by atoms with van der Waals surface area (Å²) in [4.78, 5) is 0. The molecule has 14 heavy (non-hydrogen) atoms. The highest BCUT2D eigenvalue weighted by molar-refractivity contribution is 6.34. The molecule has 0 saturated carbocycles. The van der Waals surface area contributed by atoms with Crippen LogP contribution in [0, 0.1) is 0 Å². The van der Waals surface area contributed by atoms with Crippen molar-refractivity contribution in [2.24, 2.45) is 5.73 Å². The summed E-state index contributed by atoms with van der Waals surface area (Å²) < 4.78 is 0. The van der Waals surface area contributed by atoms with Crippen molar-refractivity contribution in [3.63, 3.8) is 0 Å². The molecule has 80 valence electrons. The van der Waals surface area contributed by atoms with Gasteiger partial charge in [0.05, 0.1) is 12.1 Å². The molecule has 1 aromatic carbocycles. The lowest BCUT2D eigenvalue weighted by atomic mass is 10.0. The van der Waals surface area contributed by atoms with E-state index < -0.39 is 12.1 Å². The minimum Gasteiger partial charge on any atom is -0.391 e. The van der Waals surface area contributed by atoms with Gasteiger partial charge in [-0.3, -0.25) is 0 Å². The van der Waals surface area contributed by atoms with Crippen LogP contribution in [0.25, 0.3) is 0 Å². The minimum atomic E-state index is -0.616. The molecule has 0 unspecified atom stereocenters. The van der Waals surface area contributed by atoms with E-state index in [1.165, 1.54) is 0 Å². The molecule has 0 aliphatic heterocycles. The van der Waals surface area contributed by atoms with Crippen LogP contribution in [0.15, 0.2) is 18.2 Å². The van der Waals surface area contributed by atoms with Crippen LogP contribution in [0.2, 0.25) is 10.0 Å². The SMILES string of the molecule is C[C@@H](O)[C@@H](N)c1cc(Cl)cc(Cl)c1.Cl. The number of nitrogens with two attached hydrogens (primary N) is 1. The highest BCUT2D eigenvalue weighted by atomic mass is 35.5. The average molecular weight is 257 g/mol. The van der Waals surface area contributed by atoms with Crippen molar-refractivity contribution in [1.82, 2.24) is 0 Å². The first-order valence-corrected chi connectivity index (χ1v) is 4.66. The third-order valence-corrected chi connectivity index (χ3v) is 2.23. The molecule has 0 aliphatic carbocycles. The smallest absolute Gasteiger partial charge is 0.0704 e. The van der Waals surface area contributed by atoms with Crippen molar-refractivity contribution in [2.75, 3.05) is 0 Å².